The molecular formula is C20H22FNOS. The second-order valence-corrected chi connectivity index (χ2v) is 8.30. The van der Waals surface area contributed by atoms with Crippen LogP contribution in [0.5, 0.6) is 0 Å². The Kier molecular flexibility index (Phi) is 4.43. The molecule has 2 aromatic carbocycles. The summed E-state index contributed by atoms with van der Waals surface area (Å²) in [6, 6.07) is 13.4. The number of carbonyl (C=O) groups is 1. The van der Waals surface area contributed by atoms with Gasteiger partial charge < -0.3 is 0 Å². The van der Waals surface area contributed by atoms with Crippen molar-refractivity contribution in [3.05, 3.63) is 65.0 Å². The molecule has 1 amide bonds. The standard InChI is InChI=1S/C20H22FNOS/c1-13-5-10-16(11-17(13)21)22-18(23)12-24-19(22)14-6-8-15(9-7-14)20(2,3)4/h5-11,19H,12H2,1-4H3. The number of amides is 1. The van der Waals surface area contributed by atoms with E-state index in [-0.39, 0.29) is 22.5 Å². The maximum absolute atomic E-state index is 13.9. The molecule has 4 heteroatoms. The lowest BCUT2D eigenvalue weighted by Gasteiger charge is -2.26. The predicted molar refractivity (Wildman–Crippen MR) is 99.0 cm³/mol. The Morgan fingerprint density at radius 1 is 1.12 bits per heavy atom. The van der Waals surface area contributed by atoms with Crippen molar-refractivity contribution < 1.29 is 9.18 Å². The predicted octanol–water partition coefficient (Wildman–Crippen LogP) is 5.21. The number of thioether (sulfide) groups is 1. The lowest BCUT2D eigenvalue weighted by atomic mass is 9.86. The zero-order valence-corrected chi connectivity index (χ0v) is 15.3. The molecule has 24 heavy (non-hydrogen) atoms. The molecular weight excluding hydrogens is 321 g/mol. The van der Waals surface area contributed by atoms with Crippen molar-refractivity contribution in [2.24, 2.45) is 0 Å². The monoisotopic (exact) mass is 343 g/mol. The average Bonchev–Trinajstić information content (AvgIpc) is 2.91. The summed E-state index contributed by atoms with van der Waals surface area (Å²) in [5.41, 5.74) is 3.63. The summed E-state index contributed by atoms with van der Waals surface area (Å²) < 4.78 is 13.9. The molecule has 1 fully saturated rings. The molecule has 0 spiro atoms. The van der Waals surface area contributed by atoms with Gasteiger partial charge in [0.15, 0.2) is 0 Å². The minimum atomic E-state index is -0.279. The van der Waals surface area contributed by atoms with Gasteiger partial charge in [0.05, 0.1) is 5.75 Å². The van der Waals surface area contributed by atoms with Gasteiger partial charge in [-0.3, -0.25) is 9.69 Å². The van der Waals surface area contributed by atoms with Crippen LogP contribution in [0.3, 0.4) is 0 Å². The van der Waals surface area contributed by atoms with Crippen LogP contribution in [0.25, 0.3) is 0 Å². The molecule has 2 aromatic rings. The molecule has 3 rings (SSSR count). The smallest absolute Gasteiger partial charge is 0.238 e. The topological polar surface area (TPSA) is 20.3 Å². The molecule has 2 nitrogen and oxygen atoms in total. The van der Waals surface area contributed by atoms with Crippen LogP contribution < -0.4 is 4.90 Å². The third-order valence-electron chi connectivity index (χ3n) is 4.36. The second kappa shape index (κ2) is 6.25. The Labute approximate surface area is 147 Å². The van der Waals surface area contributed by atoms with Crippen molar-refractivity contribution in [3.63, 3.8) is 0 Å². The fraction of sp³-hybridized carbons (Fsp3) is 0.350. The van der Waals surface area contributed by atoms with Crippen molar-refractivity contribution >= 4 is 23.4 Å². The Bertz CT molecular complexity index is 764. The van der Waals surface area contributed by atoms with E-state index in [1.165, 1.54) is 11.6 Å². The summed E-state index contributed by atoms with van der Waals surface area (Å²) in [5.74, 6) is 0.161. The highest BCUT2D eigenvalue weighted by molar-refractivity contribution is 8.00. The largest absolute Gasteiger partial charge is 0.295 e. The second-order valence-electron chi connectivity index (χ2n) is 7.23. The molecule has 1 unspecified atom stereocenters. The molecule has 1 heterocycles. The molecule has 0 aliphatic carbocycles. The molecule has 0 aromatic heterocycles. The molecule has 1 atom stereocenters. The fourth-order valence-corrected chi connectivity index (χ4v) is 4.01. The number of hydrogen-bond acceptors (Lipinski definition) is 2. The van der Waals surface area contributed by atoms with Gasteiger partial charge in [-0.15, -0.1) is 11.8 Å². The van der Waals surface area contributed by atoms with Gasteiger partial charge in [0.2, 0.25) is 5.91 Å². The highest BCUT2D eigenvalue weighted by Crippen LogP contribution is 2.42. The summed E-state index contributed by atoms with van der Waals surface area (Å²) in [6.07, 6.45) is 0. The molecule has 0 N–H and O–H groups in total. The van der Waals surface area contributed by atoms with Crippen LogP contribution in [0.4, 0.5) is 10.1 Å². The van der Waals surface area contributed by atoms with Gasteiger partial charge in [-0.2, -0.15) is 0 Å². The first-order chi connectivity index (χ1) is 11.3. The van der Waals surface area contributed by atoms with E-state index in [9.17, 15) is 9.18 Å². The van der Waals surface area contributed by atoms with Crippen LogP contribution in [0.15, 0.2) is 42.5 Å². The molecule has 1 aliphatic heterocycles. The van der Waals surface area contributed by atoms with Gasteiger partial charge in [0.25, 0.3) is 0 Å². The van der Waals surface area contributed by atoms with Crippen LogP contribution >= 0.6 is 11.8 Å². The van der Waals surface area contributed by atoms with E-state index in [2.05, 4.69) is 45.0 Å². The zero-order chi connectivity index (χ0) is 17.5. The van der Waals surface area contributed by atoms with Gasteiger partial charge in [0.1, 0.15) is 11.2 Å². The number of benzene rings is 2. The summed E-state index contributed by atoms with van der Waals surface area (Å²) >= 11 is 1.58. The third-order valence-corrected chi connectivity index (χ3v) is 5.58. The SMILES string of the molecule is Cc1ccc(N2C(=O)CSC2c2ccc(C(C)(C)C)cc2)cc1F. The minimum Gasteiger partial charge on any atom is -0.295 e. The quantitative estimate of drug-likeness (QED) is 0.746. The molecule has 0 bridgehead atoms. The van der Waals surface area contributed by atoms with Crippen molar-refractivity contribution in [1.82, 2.24) is 0 Å². The maximum atomic E-state index is 13.9. The molecule has 1 saturated heterocycles. The number of carbonyl (C=O) groups excluding carboxylic acids is 1. The number of hydrogen-bond donors (Lipinski definition) is 0. The number of aryl methyl sites for hydroxylation is 1. The highest BCUT2D eigenvalue weighted by Gasteiger charge is 2.34. The number of nitrogens with zero attached hydrogens (tertiary/aromatic N) is 1. The Balaban J connectivity index is 1.94. The van der Waals surface area contributed by atoms with Gasteiger partial charge in [-0.25, -0.2) is 4.39 Å². The van der Waals surface area contributed by atoms with E-state index in [0.717, 1.165) is 5.56 Å². The van der Waals surface area contributed by atoms with E-state index in [0.29, 0.717) is 17.0 Å². The third kappa shape index (κ3) is 3.20. The van der Waals surface area contributed by atoms with Crippen LogP contribution in [0.1, 0.15) is 42.8 Å². The van der Waals surface area contributed by atoms with Crippen molar-refractivity contribution in [2.45, 2.75) is 38.5 Å². The van der Waals surface area contributed by atoms with Crippen LogP contribution in [0.2, 0.25) is 0 Å². The minimum absolute atomic E-state index is 0.0214. The summed E-state index contributed by atoms with van der Waals surface area (Å²) in [7, 11) is 0. The van der Waals surface area contributed by atoms with Crippen LogP contribution in [-0.4, -0.2) is 11.7 Å². The Morgan fingerprint density at radius 3 is 2.38 bits per heavy atom. The lowest BCUT2D eigenvalue weighted by molar-refractivity contribution is -0.115. The highest BCUT2D eigenvalue weighted by atomic mass is 32.2. The van der Waals surface area contributed by atoms with E-state index in [1.54, 1.807) is 29.7 Å². The molecule has 1 aliphatic rings. The average molecular weight is 343 g/mol. The normalized spacial score (nSPS) is 18.3. The Morgan fingerprint density at radius 2 is 1.79 bits per heavy atom. The van der Waals surface area contributed by atoms with Gasteiger partial charge >= 0.3 is 0 Å². The number of anilines is 1. The van der Waals surface area contributed by atoms with E-state index in [4.69, 9.17) is 0 Å². The van der Waals surface area contributed by atoms with E-state index >= 15 is 0 Å². The molecule has 0 radical (unpaired) electrons. The summed E-state index contributed by atoms with van der Waals surface area (Å²) in [6.45, 7) is 8.26. The number of halogens is 1. The first kappa shape index (κ1) is 17.0. The Hall–Kier alpha value is -1.81. The fourth-order valence-electron chi connectivity index (χ4n) is 2.83. The summed E-state index contributed by atoms with van der Waals surface area (Å²) in [5, 5.41) is -0.103. The van der Waals surface area contributed by atoms with Crippen molar-refractivity contribution in [1.29, 1.82) is 0 Å². The molecule has 126 valence electrons. The maximum Gasteiger partial charge on any atom is 0.238 e. The summed E-state index contributed by atoms with van der Waals surface area (Å²) in [4.78, 5) is 14.1. The van der Waals surface area contributed by atoms with Gasteiger partial charge in [-0.1, -0.05) is 51.1 Å². The van der Waals surface area contributed by atoms with E-state index < -0.39 is 0 Å². The van der Waals surface area contributed by atoms with Crippen molar-refractivity contribution in [2.75, 3.05) is 10.7 Å². The first-order valence-electron chi connectivity index (χ1n) is 8.07. The van der Waals surface area contributed by atoms with Gasteiger partial charge in [-0.05, 0) is 41.2 Å². The lowest BCUT2D eigenvalue weighted by Crippen LogP contribution is -2.28. The van der Waals surface area contributed by atoms with E-state index in [1.807, 2.05) is 6.07 Å². The van der Waals surface area contributed by atoms with Crippen LogP contribution in [0, 0.1) is 12.7 Å². The van der Waals surface area contributed by atoms with Crippen molar-refractivity contribution in [3.8, 4) is 0 Å². The van der Waals surface area contributed by atoms with Gasteiger partial charge in [0, 0.05) is 5.69 Å². The van der Waals surface area contributed by atoms with Crippen LogP contribution in [-0.2, 0) is 10.2 Å². The molecule has 0 saturated carbocycles. The zero-order valence-electron chi connectivity index (χ0n) is 14.5. The number of rotatable bonds is 2. The first-order valence-corrected chi connectivity index (χ1v) is 9.12.